The Kier molecular flexibility index (Phi) is 6.16. The van der Waals surface area contributed by atoms with Gasteiger partial charge in [0.25, 0.3) is 0 Å². The number of hydrogen-bond donors (Lipinski definition) is 0. The highest BCUT2D eigenvalue weighted by atomic mass is 16.5. The van der Waals surface area contributed by atoms with Crippen molar-refractivity contribution in [3.05, 3.63) is 95.1 Å². The Hall–Kier alpha value is -2.78. The molecular weight excluding hydrogens is 356 g/mol. The van der Waals surface area contributed by atoms with Gasteiger partial charge in [0.05, 0.1) is 0 Å². The minimum atomic E-state index is 0.612. The highest BCUT2D eigenvalue weighted by Crippen LogP contribution is 2.24. The Morgan fingerprint density at radius 1 is 0.724 bits per heavy atom. The van der Waals surface area contributed by atoms with Crippen molar-refractivity contribution in [3.8, 4) is 5.75 Å². The summed E-state index contributed by atoms with van der Waals surface area (Å²) in [5, 5.41) is 0. The molecule has 1 fully saturated rings. The SMILES string of the molecule is Cc1cccc(N2CCN(Cc3ccc(OCc4ccccc4)cc3)CC2)c1C. The predicted octanol–water partition coefficient (Wildman–Crippen LogP) is 5.20. The minimum absolute atomic E-state index is 0.612. The topological polar surface area (TPSA) is 15.7 Å². The molecule has 0 aromatic heterocycles. The van der Waals surface area contributed by atoms with Gasteiger partial charge in [-0.3, -0.25) is 4.90 Å². The molecule has 0 saturated carbocycles. The number of nitrogens with zero attached hydrogens (tertiary/aromatic N) is 2. The summed E-state index contributed by atoms with van der Waals surface area (Å²) in [7, 11) is 0. The molecule has 3 aromatic rings. The van der Waals surface area contributed by atoms with Gasteiger partial charge in [0.2, 0.25) is 0 Å². The second-order valence-electron chi connectivity index (χ2n) is 7.90. The fourth-order valence-electron chi connectivity index (χ4n) is 3.92. The van der Waals surface area contributed by atoms with E-state index in [1.165, 1.54) is 27.9 Å². The van der Waals surface area contributed by atoms with Crippen LogP contribution in [0.4, 0.5) is 5.69 Å². The average Bonchev–Trinajstić information content (AvgIpc) is 2.77. The number of benzene rings is 3. The molecule has 0 spiro atoms. The Bertz CT molecular complexity index is 913. The van der Waals surface area contributed by atoms with Crippen LogP contribution in [0.25, 0.3) is 0 Å². The van der Waals surface area contributed by atoms with Crippen LogP contribution in [0.1, 0.15) is 22.3 Å². The zero-order valence-corrected chi connectivity index (χ0v) is 17.5. The van der Waals surface area contributed by atoms with Crippen LogP contribution in [0, 0.1) is 13.8 Å². The summed E-state index contributed by atoms with van der Waals surface area (Å²) in [4.78, 5) is 5.07. The molecule has 0 amide bonds. The summed E-state index contributed by atoms with van der Waals surface area (Å²) in [6.45, 7) is 10.4. The molecular formula is C26H30N2O. The highest BCUT2D eigenvalue weighted by molar-refractivity contribution is 5.56. The van der Waals surface area contributed by atoms with Crippen LogP contribution in [0.15, 0.2) is 72.8 Å². The first-order chi connectivity index (χ1) is 14.2. The molecule has 1 aliphatic rings. The third-order valence-corrected chi connectivity index (χ3v) is 5.87. The van der Waals surface area contributed by atoms with E-state index in [1.54, 1.807) is 0 Å². The maximum absolute atomic E-state index is 5.90. The first kappa shape index (κ1) is 19.5. The van der Waals surface area contributed by atoms with Crippen LogP contribution in [0.5, 0.6) is 5.75 Å². The summed E-state index contributed by atoms with van der Waals surface area (Å²) in [6, 6.07) is 25.5. The molecule has 0 N–H and O–H groups in total. The van der Waals surface area contributed by atoms with Crippen molar-refractivity contribution in [1.29, 1.82) is 0 Å². The van der Waals surface area contributed by atoms with Gasteiger partial charge in [0.15, 0.2) is 0 Å². The van der Waals surface area contributed by atoms with Crippen LogP contribution in [-0.2, 0) is 13.2 Å². The third kappa shape index (κ3) is 4.99. The predicted molar refractivity (Wildman–Crippen MR) is 121 cm³/mol. The van der Waals surface area contributed by atoms with Crippen LogP contribution < -0.4 is 9.64 Å². The van der Waals surface area contributed by atoms with Gasteiger partial charge >= 0.3 is 0 Å². The van der Waals surface area contributed by atoms with E-state index >= 15 is 0 Å². The second-order valence-corrected chi connectivity index (χ2v) is 7.90. The van der Waals surface area contributed by atoms with Crippen LogP contribution in [-0.4, -0.2) is 31.1 Å². The number of hydrogen-bond acceptors (Lipinski definition) is 3. The first-order valence-corrected chi connectivity index (χ1v) is 10.5. The monoisotopic (exact) mass is 386 g/mol. The van der Waals surface area contributed by atoms with E-state index in [0.717, 1.165) is 38.5 Å². The van der Waals surface area contributed by atoms with Gasteiger partial charge in [-0.1, -0.05) is 54.6 Å². The molecule has 29 heavy (non-hydrogen) atoms. The van der Waals surface area contributed by atoms with E-state index in [0.29, 0.717) is 6.61 Å². The van der Waals surface area contributed by atoms with Crippen molar-refractivity contribution in [2.75, 3.05) is 31.1 Å². The van der Waals surface area contributed by atoms with Crippen molar-refractivity contribution >= 4 is 5.69 Å². The van der Waals surface area contributed by atoms with Gasteiger partial charge in [0, 0.05) is 38.4 Å². The Labute approximate surface area is 174 Å². The molecule has 1 saturated heterocycles. The Morgan fingerprint density at radius 3 is 2.17 bits per heavy atom. The zero-order chi connectivity index (χ0) is 20.1. The minimum Gasteiger partial charge on any atom is -0.489 e. The molecule has 0 unspecified atom stereocenters. The number of rotatable bonds is 6. The number of piperazine rings is 1. The lowest BCUT2D eigenvalue weighted by molar-refractivity contribution is 0.249. The quantitative estimate of drug-likeness (QED) is 0.579. The lowest BCUT2D eigenvalue weighted by atomic mass is 10.1. The molecule has 0 bridgehead atoms. The van der Waals surface area contributed by atoms with Crippen LogP contribution in [0.3, 0.4) is 0 Å². The van der Waals surface area contributed by atoms with Crippen molar-refractivity contribution < 1.29 is 4.74 Å². The standard InChI is InChI=1S/C26H30N2O/c1-21-7-6-10-26(22(21)2)28-17-15-27(16-18-28)19-23-11-13-25(14-12-23)29-20-24-8-4-3-5-9-24/h3-14H,15-20H2,1-2H3. The zero-order valence-electron chi connectivity index (χ0n) is 17.5. The molecule has 3 nitrogen and oxygen atoms in total. The van der Waals surface area contributed by atoms with Crippen molar-refractivity contribution in [1.82, 2.24) is 4.90 Å². The first-order valence-electron chi connectivity index (χ1n) is 10.5. The summed E-state index contributed by atoms with van der Waals surface area (Å²) < 4.78 is 5.90. The molecule has 4 rings (SSSR count). The van der Waals surface area contributed by atoms with E-state index in [2.05, 4.69) is 78.2 Å². The summed E-state index contributed by atoms with van der Waals surface area (Å²) in [5.41, 5.74) is 6.71. The van der Waals surface area contributed by atoms with Gasteiger partial charge in [-0.05, 0) is 54.3 Å². The van der Waals surface area contributed by atoms with Crippen molar-refractivity contribution in [2.45, 2.75) is 27.0 Å². The largest absolute Gasteiger partial charge is 0.489 e. The third-order valence-electron chi connectivity index (χ3n) is 5.87. The molecule has 1 aliphatic heterocycles. The lowest BCUT2D eigenvalue weighted by Crippen LogP contribution is -2.46. The van der Waals surface area contributed by atoms with E-state index in [1.807, 2.05) is 18.2 Å². The van der Waals surface area contributed by atoms with Gasteiger partial charge in [-0.15, -0.1) is 0 Å². The number of ether oxygens (including phenoxy) is 1. The molecule has 3 heteroatoms. The Balaban J connectivity index is 1.27. The molecule has 3 aromatic carbocycles. The second kappa shape index (κ2) is 9.15. The van der Waals surface area contributed by atoms with Gasteiger partial charge in [0.1, 0.15) is 12.4 Å². The number of anilines is 1. The lowest BCUT2D eigenvalue weighted by Gasteiger charge is -2.37. The molecule has 0 atom stereocenters. The molecule has 0 radical (unpaired) electrons. The van der Waals surface area contributed by atoms with E-state index in [9.17, 15) is 0 Å². The number of aryl methyl sites for hydroxylation is 1. The van der Waals surface area contributed by atoms with Crippen molar-refractivity contribution in [3.63, 3.8) is 0 Å². The van der Waals surface area contributed by atoms with Gasteiger partial charge in [-0.2, -0.15) is 0 Å². The van der Waals surface area contributed by atoms with E-state index in [4.69, 9.17) is 4.74 Å². The van der Waals surface area contributed by atoms with Crippen molar-refractivity contribution in [2.24, 2.45) is 0 Å². The fraction of sp³-hybridized carbons (Fsp3) is 0.308. The Morgan fingerprint density at radius 2 is 1.45 bits per heavy atom. The molecule has 1 heterocycles. The van der Waals surface area contributed by atoms with Gasteiger partial charge in [-0.25, -0.2) is 0 Å². The summed E-state index contributed by atoms with van der Waals surface area (Å²) in [5.74, 6) is 0.928. The van der Waals surface area contributed by atoms with E-state index in [-0.39, 0.29) is 0 Å². The normalized spacial score (nSPS) is 14.8. The molecule has 150 valence electrons. The maximum Gasteiger partial charge on any atom is 0.119 e. The van der Waals surface area contributed by atoms with Crippen LogP contribution >= 0.6 is 0 Å². The summed E-state index contributed by atoms with van der Waals surface area (Å²) in [6.07, 6.45) is 0. The highest BCUT2D eigenvalue weighted by Gasteiger charge is 2.18. The smallest absolute Gasteiger partial charge is 0.119 e. The van der Waals surface area contributed by atoms with Crippen LogP contribution in [0.2, 0.25) is 0 Å². The van der Waals surface area contributed by atoms with Gasteiger partial charge < -0.3 is 9.64 Å². The fourth-order valence-corrected chi connectivity index (χ4v) is 3.92. The van der Waals surface area contributed by atoms with E-state index < -0.39 is 0 Å². The maximum atomic E-state index is 5.90. The summed E-state index contributed by atoms with van der Waals surface area (Å²) >= 11 is 0. The average molecular weight is 387 g/mol. The molecule has 0 aliphatic carbocycles.